The molecule has 3 unspecified atom stereocenters. The van der Waals surface area contributed by atoms with Gasteiger partial charge in [0.25, 0.3) is 0 Å². The van der Waals surface area contributed by atoms with Crippen molar-refractivity contribution in [1.82, 2.24) is 5.32 Å². The van der Waals surface area contributed by atoms with Gasteiger partial charge in [0.15, 0.2) is 11.5 Å². The zero-order valence-electron chi connectivity index (χ0n) is 21.0. The van der Waals surface area contributed by atoms with E-state index in [1.54, 1.807) is 14.2 Å². The number of carbonyl (C=O) groups is 2. The SMILES string of the molecule is COc1ccc(C2C(C(=O)OCC(C)C)=C(C)NC3=CC(c4ccccc4)CC(=O)C32)cc1OC. The van der Waals surface area contributed by atoms with Crippen LogP contribution in [-0.2, 0) is 14.3 Å². The monoisotopic (exact) mass is 475 g/mol. The van der Waals surface area contributed by atoms with Gasteiger partial charge in [0.05, 0.1) is 32.3 Å². The first-order valence-electron chi connectivity index (χ1n) is 12.0. The third-order valence-electron chi connectivity index (χ3n) is 6.63. The molecule has 0 bridgehead atoms. The first kappa shape index (κ1) is 24.6. The Bertz CT molecular complexity index is 1160. The molecule has 184 valence electrons. The number of Topliss-reactive ketones (excluding diaryl/α,β-unsaturated/α-hetero) is 1. The van der Waals surface area contributed by atoms with Crippen molar-refractivity contribution in [2.45, 2.75) is 39.0 Å². The Morgan fingerprint density at radius 3 is 2.37 bits per heavy atom. The molecule has 2 aromatic rings. The molecule has 0 saturated heterocycles. The summed E-state index contributed by atoms with van der Waals surface area (Å²) in [5.41, 5.74) is 3.91. The number of benzene rings is 2. The molecule has 3 atom stereocenters. The highest BCUT2D eigenvalue weighted by Crippen LogP contribution is 2.47. The Labute approximate surface area is 207 Å². The van der Waals surface area contributed by atoms with Gasteiger partial charge in [-0.15, -0.1) is 0 Å². The Kier molecular flexibility index (Phi) is 7.29. The summed E-state index contributed by atoms with van der Waals surface area (Å²) in [6.45, 7) is 6.17. The molecule has 0 spiro atoms. The van der Waals surface area contributed by atoms with Crippen molar-refractivity contribution in [3.63, 3.8) is 0 Å². The number of ether oxygens (including phenoxy) is 3. The minimum Gasteiger partial charge on any atom is -0.493 e. The molecular weight excluding hydrogens is 442 g/mol. The molecule has 2 aliphatic rings. The molecule has 0 saturated carbocycles. The normalized spacial score (nSPS) is 21.7. The van der Waals surface area contributed by atoms with Gasteiger partial charge in [-0.1, -0.05) is 56.3 Å². The van der Waals surface area contributed by atoms with E-state index in [9.17, 15) is 9.59 Å². The lowest BCUT2D eigenvalue weighted by Gasteiger charge is -2.39. The molecule has 1 aliphatic heterocycles. The van der Waals surface area contributed by atoms with Crippen LogP contribution in [0.15, 0.2) is 71.6 Å². The number of nitrogens with one attached hydrogen (secondary N) is 1. The lowest BCUT2D eigenvalue weighted by Crippen LogP contribution is -2.42. The lowest BCUT2D eigenvalue weighted by atomic mass is 9.68. The summed E-state index contributed by atoms with van der Waals surface area (Å²) in [6.07, 6.45) is 2.51. The number of rotatable bonds is 7. The molecule has 6 nitrogen and oxygen atoms in total. The zero-order chi connectivity index (χ0) is 25.1. The summed E-state index contributed by atoms with van der Waals surface area (Å²) in [5.74, 6) is -0.00261. The number of methoxy groups -OCH3 is 2. The predicted molar refractivity (Wildman–Crippen MR) is 134 cm³/mol. The molecule has 4 rings (SSSR count). The van der Waals surface area contributed by atoms with Crippen molar-refractivity contribution < 1.29 is 23.8 Å². The topological polar surface area (TPSA) is 73.9 Å². The van der Waals surface area contributed by atoms with E-state index in [4.69, 9.17) is 14.2 Å². The van der Waals surface area contributed by atoms with Crippen molar-refractivity contribution in [3.05, 3.63) is 82.7 Å². The van der Waals surface area contributed by atoms with Crippen molar-refractivity contribution >= 4 is 11.8 Å². The zero-order valence-corrected chi connectivity index (χ0v) is 21.0. The van der Waals surface area contributed by atoms with Gasteiger partial charge < -0.3 is 19.5 Å². The molecule has 1 heterocycles. The maximum absolute atomic E-state index is 13.7. The van der Waals surface area contributed by atoms with Crippen LogP contribution >= 0.6 is 0 Å². The first-order valence-corrected chi connectivity index (χ1v) is 12.0. The van der Waals surface area contributed by atoms with Gasteiger partial charge in [0.2, 0.25) is 0 Å². The number of carbonyl (C=O) groups excluding carboxylic acids is 2. The number of allylic oxidation sites excluding steroid dienone is 3. The molecule has 0 aromatic heterocycles. The van der Waals surface area contributed by atoms with E-state index in [1.807, 2.05) is 69.3 Å². The minimum atomic E-state index is -0.515. The third kappa shape index (κ3) is 4.97. The summed E-state index contributed by atoms with van der Waals surface area (Å²) in [6, 6.07) is 15.6. The number of hydrogen-bond acceptors (Lipinski definition) is 6. The van der Waals surface area contributed by atoms with E-state index in [0.29, 0.717) is 35.8 Å². The van der Waals surface area contributed by atoms with Gasteiger partial charge in [-0.05, 0) is 36.1 Å². The van der Waals surface area contributed by atoms with Crippen LogP contribution in [0.2, 0.25) is 0 Å². The number of esters is 1. The Morgan fingerprint density at radius 1 is 1.00 bits per heavy atom. The fourth-order valence-corrected chi connectivity index (χ4v) is 4.98. The van der Waals surface area contributed by atoms with Gasteiger partial charge in [0, 0.05) is 29.7 Å². The molecule has 35 heavy (non-hydrogen) atoms. The Balaban J connectivity index is 1.83. The van der Waals surface area contributed by atoms with Crippen molar-refractivity contribution in [2.75, 3.05) is 20.8 Å². The quantitative estimate of drug-likeness (QED) is 0.561. The molecule has 1 N–H and O–H groups in total. The molecule has 6 heteroatoms. The van der Waals surface area contributed by atoms with Crippen LogP contribution in [0.5, 0.6) is 11.5 Å². The van der Waals surface area contributed by atoms with Crippen LogP contribution in [0.4, 0.5) is 0 Å². The fraction of sp³-hybridized carbons (Fsp3) is 0.379. The Hall–Kier alpha value is -3.54. The molecule has 0 amide bonds. The summed E-state index contributed by atoms with van der Waals surface area (Å²) in [4.78, 5) is 27.0. The van der Waals surface area contributed by atoms with Crippen LogP contribution in [-0.4, -0.2) is 32.6 Å². The van der Waals surface area contributed by atoms with Gasteiger partial charge in [-0.25, -0.2) is 4.79 Å². The van der Waals surface area contributed by atoms with Gasteiger partial charge >= 0.3 is 5.97 Å². The summed E-state index contributed by atoms with van der Waals surface area (Å²) >= 11 is 0. The van der Waals surface area contributed by atoms with Gasteiger partial charge in [-0.3, -0.25) is 4.79 Å². The molecular formula is C29H33NO5. The van der Waals surface area contributed by atoms with Crippen LogP contribution in [0.25, 0.3) is 0 Å². The summed E-state index contributed by atoms with van der Waals surface area (Å²) in [5, 5.41) is 3.38. The first-order chi connectivity index (χ1) is 16.8. The van der Waals surface area contributed by atoms with E-state index >= 15 is 0 Å². The highest BCUT2D eigenvalue weighted by molar-refractivity contribution is 5.96. The molecule has 0 radical (unpaired) electrons. The molecule has 2 aromatic carbocycles. The third-order valence-corrected chi connectivity index (χ3v) is 6.63. The van der Waals surface area contributed by atoms with Crippen LogP contribution in [0.3, 0.4) is 0 Å². The van der Waals surface area contributed by atoms with E-state index < -0.39 is 17.8 Å². The fourth-order valence-electron chi connectivity index (χ4n) is 4.98. The van der Waals surface area contributed by atoms with Gasteiger partial charge in [0.1, 0.15) is 5.78 Å². The van der Waals surface area contributed by atoms with E-state index in [0.717, 1.165) is 16.8 Å². The van der Waals surface area contributed by atoms with Crippen molar-refractivity contribution in [3.8, 4) is 11.5 Å². The summed E-state index contributed by atoms with van der Waals surface area (Å²) < 4.78 is 16.6. The average molecular weight is 476 g/mol. The highest BCUT2D eigenvalue weighted by Gasteiger charge is 2.45. The second-order valence-electron chi connectivity index (χ2n) is 9.54. The van der Waals surface area contributed by atoms with Crippen LogP contribution in [0, 0.1) is 11.8 Å². The standard InChI is InChI=1S/C29H33NO5/c1-17(2)16-35-29(32)26-18(3)30-22-13-21(19-9-7-6-8-10-19)14-23(31)28(22)27(26)20-11-12-24(33-4)25(15-20)34-5/h6-13,15,17,21,27-28,30H,14,16H2,1-5H3. The number of ketones is 1. The smallest absolute Gasteiger partial charge is 0.336 e. The predicted octanol–water partition coefficient (Wildman–Crippen LogP) is 5.12. The highest BCUT2D eigenvalue weighted by atomic mass is 16.5. The second kappa shape index (κ2) is 10.4. The van der Waals surface area contributed by atoms with Crippen LogP contribution < -0.4 is 14.8 Å². The molecule has 1 aliphatic carbocycles. The maximum Gasteiger partial charge on any atom is 0.336 e. The summed E-state index contributed by atoms with van der Waals surface area (Å²) in [7, 11) is 3.15. The average Bonchev–Trinajstić information content (AvgIpc) is 2.86. The second-order valence-corrected chi connectivity index (χ2v) is 9.54. The van der Waals surface area contributed by atoms with E-state index in [-0.39, 0.29) is 17.6 Å². The number of hydrogen-bond donors (Lipinski definition) is 1. The van der Waals surface area contributed by atoms with Crippen molar-refractivity contribution in [2.24, 2.45) is 11.8 Å². The maximum atomic E-state index is 13.7. The largest absolute Gasteiger partial charge is 0.493 e. The van der Waals surface area contributed by atoms with E-state index in [1.165, 1.54) is 0 Å². The Morgan fingerprint density at radius 2 is 1.71 bits per heavy atom. The molecule has 0 fully saturated rings. The van der Waals surface area contributed by atoms with Crippen molar-refractivity contribution in [1.29, 1.82) is 0 Å². The van der Waals surface area contributed by atoms with E-state index in [2.05, 4.69) is 11.4 Å². The lowest BCUT2D eigenvalue weighted by molar-refractivity contribution is -0.140. The minimum absolute atomic E-state index is 0.0178. The van der Waals surface area contributed by atoms with Gasteiger partial charge in [-0.2, -0.15) is 0 Å². The van der Waals surface area contributed by atoms with Crippen LogP contribution in [0.1, 0.15) is 50.2 Å². The number of fused-ring (bicyclic) bond motifs is 1.